The maximum absolute atomic E-state index is 12.6. The van der Waals surface area contributed by atoms with Gasteiger partial charge in [0, 0.05) is 11.6 Å². The fraction of sp³-hybridized carbons (Fsp3) is 0.412. The van der Waals surface area contributed by atoms with E-state index in [-0.39, 0.29) is 22.9 Å². The molecule has 11 heteroatoms. The smallest absolute Gasteiger partial charge is 0.417 e. The maximum atomic E-state index is 12.6. The lowest BCUT2D eigenvalue weighted by Gasteiger charge is -2.15. The topological polar surface area (TPSA) is 77.2 Å². The summed E-state index contributed by atoms with van der Waals surface area (Å²) in [6, 6.07) is 4.32. The van der Waals surface area contributed by atoms with Gasteiger partial charge in [-0.3, -0.25) is 0 Å². The number of halogens is 4. The van der Waals surface area contributed by atoms with Gasteiger partial charge in [-0.25, -0.2) is 4.98 Å². The van der Waals surface area contributed by atoms with Crippen LogP contribution in [0.15, 0.2) is 24.4 Å². The maximum Gasteiger partial charge on any atom is 0.417 e. The Labute approximate surface area is 163 Å². The number of hydrogen-bond acceptors (Lipinski definition) is 6. The third-order valence-corrected chi connectivity index (χ3v) is 3.99. The first-order valence-corrected chi connectivity index (χ1v) is 8.76. The molecule has 0 aliphatic heterocycles. The van der Waals surface area contributed by atoms with Crippen molar-refractivity contribution in [3.63, 3.8) is 0 Å². The van der Waals surface area contributed by atoms with Crippen LogP contribution in [-0.2, 0) is 11.6 Å². The number of anilines is 1. The summed E-state index contributed by atoms with van der Waals surface area (Å²) < 4.78 is 44.9. The lowest BCUT2D eigenvalue weighted by atomic mass is 9.96. The third-order valence-electron chi connectivity index (χ3n) is 3.72. The summed E-state index contributed by atoms with van der Waals surface area (Å²) in [5.41, 5.74) is -0.518. The van der Waals surface area contributed by atoms with Crippen LogP contribution in [0.3, 0.4) is 0 Å². The average molecular weight is 415 g/mol. The van der Waals surface area contributed by atoms with Gasteiger partial charge >= 0.3 is 6.18 Å². The van der Waals surface area contributed by atoms with Crippen LogP contribution in [0.4, 0.5) is 19.0 Å². The van der Waals surface area contributed by atoms with Gasteiger partial charge in [-0.2, -0.15) is 17.7 Å². The van der Waals surface area contributed by atoms with Crippen LogP contribution < -0.4 is 10.1 Å². The largest absolute Gasteiger partial charge is 0.475 e. The normalized spacial score (nSPS) is 12.4. The Morgan fingerprint density at radius 1 is 1.18 bits per heavy atom. The molecule has 0 amide bonds. The summed E-state index contributed by atoms with van der Waals surface area (Å²) in [4.78, 5) is 3.62. The molecule has 0 aliphatic rings. The van der Waals surface area contributed by atoms with Crippen LogP contribution in [0.25, 0.3) is 5.65 Å². The minimum Gasteiger partial charge on any atom is -0.475 e. The van der Waals surface area contributed by atoms with E-state index in [4.69, 9.17) is 16.3 Å². The minimum absolute atomic E-state index is 0.0614. The summed E-state index contributed by atoms with van der Waals surface area (Å²) in [7, 11) is 0. The highest BCUT2D eigenvalue weighted by atomic mass is 35.5. The van der Waals surface area contributed by atoms with Crippen molar-refractivity contribution in [2.45, 2.75) is 32.4 Å². The number of nitrogens with one attached hydrogen (secondary N) is 1. The van der Waals surface area contributed by atoms with Crippen LogP contribution in [0, 0.1) is 0 Å². The van der Waals surface area contributed by atoms with E-state index < -0.39 is 11.7 Å². The quantitative estimate of drug-likeness (QED) is 0.636. The van der Waals surface area contributed by atoms with Gasteiger partial charge in [0.2, 0.25) is 5.88 Å². The highest BCUT2D eigenvalue weighted by Gasteiger charge is 2.31. The zero-order valence-electron chi connectivity index (χ0n) is 15.4. The van der Waals surface area contributed by atoms with Gasteiger partial charge in [0.05, 0.1) is 12.1 Å². The molecular formula is C17H18ClF3N6O. The summed E-state index contributed by atoms with van der Waals surface area (Å²) in [6.07, 6.45) is -3.82. The fourth-order valence-electron chi connectivity index (χ4n) is 2.36. The molecule has 0 fully saturated rings. The Hall–Kier alpha value is -2.62. The molecule has 28 heavy (non-hydrogen) atoms. The molecule has 0 atom stereocenters. The predicted octanol–water partition coefficient (Wildman–Crippen LogP) is 3.98. The van der Waals surface area contributed by atoms with Gasteiger partial charge in [0.1, 0.15) is 17.4 Å². The van der Waals surface area contributed by atoms with E-state index in [2.05, 4.69) is 25.6 Å². The number of aromatic nitrogens is 5. The van der Waals surface area contributed by atoms with Crippen LogP contribution in [0.1, 0.15) is 32.2 Å². The molecular weight excluding hydrogens is 397 g/mol. The number of fused-ring (bicyclic) bond motifs is 1. The number of rotatable bonds is 5. The summed E-state index contributed by atoms with van der Waals surface area (Å²) in [5, 5.41) is 15.6. The first kappa shape index (κ1) is 20.1. The van der Waals surface area contributed by atoms with Gasteiger partial charge in [0.15, 0.2) is 11.5 Å². The zero-order valence-corrected chi connectivity index (χ0v) is 16.1. The molecule has 3 aromatic rings. The molecule has 3 heterocycles. The van der Waals surface area contributed by atoms with Crippen molar-refractivity contribution >= 4 is 23.1 Å². The minimum atomic E-state index is -4.50. The molecule has 1 N–H and O–H groups in total. The number of nitrogens with zero attached hydrogens (tertiary/aromatic N) is 5. The second kappa shape index (κ2) is 7.42. The molecule has 150 valence electrons. The summed E-state index contributed by atoms with van der Waals surface area (Å²) in [6.45, 7) is 6.51. The molecule has 0 saturated heterocycles. The fourth-order valence-corrected chi connectivity index (χ4v) is 2.59. The first-order chi connectivity index (χ1) is 13.1. The molecule has 0 bridgehead atoms. The van der Waals surface area contributed by atoms with Gasteiger partial charge < -0.3 is 10.1 Å². The molecule has 0 aromatic carbocycles. The predicted molar refractivity (Wildman–Crippen MR) is 97.7 cm³/mol. The molecule has 0 radical (unpaired) electrons. The van der Waals surface area contributed by atoms with E-state index in [9.17, 15) is 13.2 Å². The monoisotopic (exact) mass is 414 g/mol. The van der Waals surface area contributed by atoms with E-state index in [1.54, 1.807) is 16.6 Å². The van der Waals surface area contributed by atoms with Crippen LogP contribution in [-0.4, -0.2) is 37.9 Å². The Kier molecular flexibility index (Phi) is 5.33. The molecule has 0 spiro atoms. The van der Waals surface area contributed by atoms with Gasteiger partial charge in [0.25, 0.3) is 0 Å². The van der Waals surface area contributed by atoms with Crippen molar-refractivity contribution in [3.05, 3.63) is 40.8 Å². The SMILES string of the molecule is CC(C)(C)c1nnc2ccc(NCCOc3ncc(C(F)(F)F)cc3Cl)nn12. The third kappa shape index (κ3) is 4.44. The first-order valence-electron chi connectivity index (χ1n) is 8.38. The number of pyridine rings is 1. The second-order valence-corrected chi connectivity index (χ2v) is 7.45. The van der Waals surface area contributed by atoms with E-state index in [1.165, 1.54) is 0 Å². The van der Waals surface area contributed by atoms with E-state index in [0.717, 1.165) is 11.9 Å². The van der Waals surface area contributed by atoms with E-state index in [1.807, 2.05) is 20.8 Å². The van der Waals surface area contributed by atoms with Crippen molar-refractivity contribution in [2.24, 2.45) is 0 Å². The molecule has 0 aliphatic carbocycles. The average Bonchev–Trinajstić information content (AvgIpc) is 3.02. The number of hydrogen-bond donors (Lipinski definition) is 1. The lowest BCUT2D eigenvalue weighted by molar-refractivity contribution is -0.137. The Balaban J connectivity index is 1.61. The van der Waals surface area contributed by atoms with Crippen molar-refractivity contribution in [2.75, 3.05) is 18.5 Å². The Morgan fingerprint density at radius 3 is 2.57 bits per heavy atom. The second-order valence-electron chi connectivity index (χ2n) is 7.05. The van der Waals surface area contributed by atoms with Crippen LogP contribution in [0.5, 0.6) is 5.88 Å². The molecule has 3 aromatic heterocycles. The highest BCUT2D eigenvalue weighted by molar-refractivity contribution is 6.31. The summed E-state index contributed by atoms with van der Waals surface area (Å²) >= 11 is 5.81. The van der Waals surface area contributed by atoms with Gasteiger partial charge in [-0.1, -0.05) is 32.4 Å². The Morgan fingerprint density at radius 2 is 1.93 bits per heavy atom. The molecule has 0 saturated carbocycles. The van der Waals surface area contributed by atoms with Crippen molar-refractivity contribution in [3.8, 4) is 5.88 Å². The van der Waals surface area contributed by atoms with E-state index >= 15 is 0 Å². The summed E-state index contributed by atoms with van der Waals surface area (Å²) in [5.74, 6) is 1.24. The standard InChI is InChI=1S/C17H18ClF3N6O/c1-16(2,3)15-25-24-13-5-4-12(26-27(13)15)22-6-7-28-14-11(18)8-10(9-23-14)17(19,20)21/h4-5,8-9H,6-7H2,1-3H3,(H,22,26). The molecule has 3 rings (SSSR count). The van der Waals surface area contributed by atoms with Gasteiger partial charge in [-0.15, -0.1) is 15.3 Å². The van der Waals surface area contributed by atoms with Crippen molar-refractivity contribution in [1.29, 1.82) is 0 Å². The van der Waals surface area contributed by atoms with Crippen molar-refractivity contribution in [1.82, 2.24) is 24.8 Å². The lowest BCUT2D eigenvalue weighted by Crippen LogP contribution is -2.18. The highest BCUT2D eigenvalue weighted by Crippen LogP contribution is 2.33. The Bertz CT molecular complexity index is 983. The molecule has 0 unspecified atom stereocenters. The van der Waals surface area contributed by atoms with Crippen LogP contribution >= 0.6 is 11.6 Å². The zero-order chi connectivity index (χ0) is 20.5. The van der Waals surface area contributed by atoms with E-state index in [0.29, 0.717) is 24.2 Å². The van der Waals surface area contributed by atoms with Crippen LogP contribution in [0.2, 0.25) is 5.02 Å². The number of ether oxygens (including phenoxy) is 1. The van der Waals surface area contributed by atoms with Crippen molar-refractivity contribution < 1.29 is 17.9 Å². The van der Waals surface area contributed by atoms with Gasteiger partial charge in [-0.05, 0) is 18.2 Å². The molecule has 7 nitrogen and oxygen atoms in total. The number of alkyl halides is 3.